The Kier molecular flexibility index (Phi) is 3.08. The molecule has 90 valence electrons. The lowest BCUT2D eigenvalue weighted by Crippen LogP contribution is -2.34. The number of hydrogen-bond acceptors (Lipinski definition) is 4. The van der Waals surface area contributed by atoms with Crippen molar-refractivity contribution < 1.29 is 19.8 Å². The molecule has 2 N–H and O–H groups in total. The lowest BCUT2D eigenvalue weighted by Gasteiger charge is -2.18. The Morgan fingerprint density at radius 3 is 2.24 bits per heavy atom. The number of aliphatic hydroxyl groups is 2. The number of nitrogens with zero attached hydrogens (tertiary/aromatic N) is 2. The van der Waals surface area contributed by atoms with Crippen LogP contribution in [-0.2, 0) is 4.79 Å². The molecule has 1 aromatic carbocycles. The SMILES string of the molecule is O=C1C(c2ccccc2)N(CO)C(=O)N1CO. The Balaban J connectivity index is 2.39. The fraction of sp³-hybridized carbons (Fsp3) is 0.273. The predicted octanol–water partition coefficient (Wildman–Crippen LogP) is -0.108. The Labute approximate surface area is 97.7 Å². The molecule has 1 heterocycles. The molecule has 1 aliphatic heterocycles. The number of imide groups is 1. The topological polar surface area (TPSA) is 81.1 Å². The second-order valence-electron chi connectivity index (χ2n) is 3.61. The molecule has 1 aromatic rings. The van der Waals surface area contributed by atoms with Gasteiger partial charge in [0.05, 0.1) is 0 Å². The maximum atomic E-state index is 11.9. The molecule has 0 radical (unpaired) electrons. The van der Waals surface area contributed by atoms with Crippen molar-refractivity contribution >= 4 is 11.9 Å². The highest BCUT2D eigenvalue weighted by atomic mass is 16.3. The summed E-state index contributed by atoms with van der Waals surface area (Å²) in [5.74, 6) is -0.530. The van der Waals surface area contributed by atoms with Crippen LogP contribution in [0.25, 0.3) is 0 Å². The van der Waals surface area contributed by atoms with Gasteiger partial charge in [0, 0.05) is 0 Å². The van der Waals surface area contributed by atoms with Crippen molar-refractivity contribution in [2.24, 2.45) is 0 Å². The second-order valence-corrected chi connectivity index (χ2v) is 3.61. The molecule has 0 bridgehead atoms. The second kappa shape index (κ2) is 4.52. The van der Waals surface area contributed by atoms with Gasteiger partial charge in [0.25, 0.3) is 5.91 Å². The summed E-state index contributed by atoms with van der Waals surface area (Å²) in [7, 11) is 0. The largest absolute Gasteiger partial charge is 0.376 e. The lowest BCUT2D eigenvalue weighted by atomic mass is 10.1. The maximum Gasteiger partial charge on any atom is 0.331 e. The van der Waals surface area contributed by atoms with Crippen LogP contribution in [0.3, 0.4) is 0 Å². The summed E-state index contributed by atoms with van der Waals surface area (Å²) in [4.78, 5) is 25.3. The fourth-order valence-electron chi connectivity index (χ4n) is 1.87. The smallest absolute Gasteiger partial charge is 0.331 e. The van der Waals surface area contributed by atoms with Crippen LogP contribution in [-0.4, -0.2) is 45.4 Å². The highest BCUT2D eigenvalue weighted by Crippen LogP contribution is 2.29. The summed E-state index contributed by atoms with van der Waals surface area (Å²) in [5.41, 5.74) is 0.607. The summed E-state index contributed by atoms with van der Waals surface area (Å²) in [6, 6.07) is 7.11. The van der Waals surface area contributed by atoms with E-state index in [0.29, 0.717) is 10.5 Å². The van der Waals surface area contributed by atoms with Crippen molar-refractivity contribution in [2.75, 3.05) is 13.5 Å². The monoisotopic (exact) mass is 236 g/mol. The van der Waals surface area contributed by atoms with Gasteiger partial charge in [0.1, 0.15) is 19.5 Å². The Morgan fingerprint density at radius 1 is 1.06 bits per heavy atom. The Hall–Kier alpha value is -1.92. The first-order valence-electron chi connectivity index (χ1n) is 5.09. The van der Waals surface area contributed by atoms with Crippen molar-refractivity contribution in [2.45, 2.75) is 6.04 Å². The van der Waals surface area contributed by atoms with Crippen LogP contribution in [0.4, 0.5) is 4.79 Å². The number of amides is 3. The van der Waals surface area contributed by atoms with Crippen LogP contribution in [0.2, 0.25) is 0 Å². The number of carbonyl (C=O) groups is 2. The summed E-state index contributed by atoms with van der Waals surface area (Å²) in [5, 5.41) is 18.1. The first-order chi connectivity index (χ1) is 8.20. The van der Waals surface area contributed by atoms with Gasteiger partial charge in [-0.2, -0.15) is 0 Å². The lowest BCUT2D eigenvalue weighted by molar-refractivity contribution is -0.131. The van der Waals surface area contributed by atoms with Crippen LogP contribution in [0.1, 0.15) is 11.6 Å². The van der Waals surface area contributed by atoms with Gasteiger partial charge in [0.2, 0.25) is 0 Å². The van der Waals surface area contributed by atoms with Crippen LogP contribution < -0.4 is 0 Å². The molecule has 1 aliphatic rings. The zero-order valence-electron chi connectivity index (χ0n) is 8.98. The van der Waals surface area contributed by atoms with E-state index in [2.05, 4.69) is 0 Å². The first kappa shape index (κ1) is 11.6. The van der Waals surface area contributed by atoms with E-state index in [-0.39, 0.29) is 0 Å². The molecule has 6 heteroatoms. The van der Waals surface area contributed by atoms with E-state index in [1.165, 1.54) is 0 Å². The number of hydrogen-bond donors (Lipinski definition) is 2. The summed E-state index contributed by atoms with van der Waals surface area (Å²) in [6.07, 6.45) is 0. The Bertz CT molecular complexity index is 434. The van der Waals surface area contributed by atoms with Gasteiger partial charge in [-0.3, -0.25) is 9.69 Å². The van der Waals surface area contributed by atoms with E-state index in [4.69, 9.17) is 10.2 Å². The molecule has 17 heavy (non-hydrogen) atoms. The molecule has 2 rings (SSSR count). The standard InChI is InChI=1S/C11H12N2O4/c14-6-12-9(8-4-2-1-3-5-8)10(16)13(7-15)11(12)17/h1-5,9,14-15H,6-7H2. The van der Waals surface area contributed by atoms with Gasteiger partial charge in [-0.25, -0.2) is 9.69 Å². The fourth-order valence-corrected chi connectivity index (χ4v) is 1.87. The molecule has 0 aromatic heterocycles. The van der Waals surface area contributed by atoms with E-state index in [0.717, 1.165) is 4.90 Å². The molecule has 6 nitrogen and oxygen atoms in total. The van der Waals surface area contributed by atoms with E-state index < -0.39 is 31.4 Å². The number of aliphatic hydroxyl groups excluding tert-OH is 2. The number of rotatable bonds is 3. The van der Waals surface area contributed by atoms with Crippen molar-refractivity contribution in [3.05, 3.63) is 35.9 Å². The number of urea groups is 1. The zero-order chi connectivity index (χ0) is 12.4. The first-order valence-corrected chi connectivity index (χ1v) is 5.09. The zero-order valence-corrected chi connectivity index (χ0v) is 8.98. The van der Waals surface area contributed by atoms with Gasteiger partial charge in [-0.15, -0.1) is 0 Å². The average molecular weight is 236 g/mol. The molecule has 1 unspecified atom stereocenters. The number of benzene rings is 1. The Morgan fingerprint density at radius 2 is 1.71 bits per heavy atom. The summed E-state index contributed by atoms with van der Waals surface area (Å²) in [6.45, 7) is -1.25. The van der Waals surface area contributed by atoms with Crippen molar-refractivity contribution in [1.82, 2.24) is 9.80 Å². The van der Waals surface area contributed by atoms with Gasteiger partial charge >= 0.3 is 6.03 Å². The highest BCUT2D eigenvalue weighted by molar-refractivity contribution is 6.04. The molecule has 1 saturated heterocycles. The van der Waals surface area contributed by atoms with Crippen LogP contribution in [0, 0.1) is 0 Å². The number of carbonyl (C=O) groups excluding carboxylic acids is 2. The predicted molar refractivity (Wildman–Crippen MR) is 57.4 cm³/mol. The van der Waals surface area contributed by atoms with E-state index in [1.807, 2.05) is 0 Å². The molecular formula is C11H12N2O4. The maximum absolute atomic E-state index is 11.9. The molecule has 1 atom stereocenters. The third-order valence-corrected chi connectivity index (χ3v) is 2.70. The van der Waals surface area contributed by atoms with Crippen LogP contribution >= 0.6 is 0 Å². The summed E-state index contributed by atoms with van der Waals surface area (Å²) < 4.78 is 0. The van der Waals surface area contributed by atoms with Crippen molar-refractivity contribution in [1.29, 1.82) is 0 Å². The third-order valence-electron chi connectivity index (χ3n) is 2.70. The highest BCUT2D eigenvalue weighted by Gasteiger charge is 2.45. The van der Waals surface area contributed by atoms with Gasteiger partial charge in [0.15, 0.2) is 0 Å². The summed E-state index contributed by atoms with van der Waals surface area (Å²) >= 11 is 0. The van der Waals surface area contributed by atoms with Crippen molar-refractivity contribution in [3.8, 4) is 0 Å². The molecule has 3 amide bonds. The van der Waals surface area contributed by atoms with Crippen LogP contribution in [0.15, 0.2) is 30.3 Å². The molecule has 0 aliphatic carbocycles. The molecular weight excluding hydrogens is 224 g/mol. The quantitative estimate of drug-likeness (QED) is 0.717. The minimum atomic E-state index is -0.860. The normalized spacial score (nSPS) is 20.2. The van der Waals surface area contributed by atoms with E-state index in [9.17, 15) is 9.59 Å². The average Bonchev–Trinajstić information content (AvgIpc) is 2.61. The molecule has 0 saturated carbocycles. The molecule has 0 spiro atoms. The minimum absolute atomic E-state index is 0.530. The van der Waals surface area contributed by atoms with E-state index >= 15 is 0 Å². The van der Waals surface area contributed by atoms with Crippen LogP contribution in [0.5, 0.6) is 0 Å². The van der Waals surface area contributed by atoms with Crippen molar-refractivity contribution in [3.63, 3.8) is 0 Å². The van der Waals surface area contributed by atoms with E-state index in [1.54, 1.807) is 30.3 Å². The molecule has 1 fully saturated rings. The van der Waals surface area contributed by atoms with Gasteiger partial charge in [-0.1, -0.05) is 30.3 Å². The minimum Gasteiger partial charge on any atom is -0.376 e. The third kappa shape index (κ3) is 1.77. The van der Waals surface area contributed by atoms with Gasteiger partial charge in [-0.05, 0) is 5.56 Å². The van der Waals surface area contributed by atoms with Gasteiger partial charge < -0.3 is 10.2 Å².